The summed E-state index contributed by atoms with van der Waals surface area (Å²) < 4.78 is 11.3. The predicted molar refractivity (Wildman–Crippen MR) is 204 cm³/mol. The highest BCUT2D eigenvalue weighted by atomic mass is 16.6. The average Bonchev–Trinajstić information content (AvgIpc) is 3.09. The molecule has 1 aromatic heterocycles. The van der Waals surface area contributed by atoms with Gasteiger partial charge < -0.3 is 9.47 Å². The molecule has 5 aromatic rings. The van der Waals surface area contributed by atoms with Crippen LogP contribution in [0.25, 0.3) is 0 Å². The van der Waals surface area contributed by atoms with Gasteiger partial charge in [0.15, 0.2) is 6.04 Å². The largest absolute Gasteiger partial charge is 0.458 e. The lowest BCUT2D eigenvalue weighted by Gasteiger charge is -2.23. The number of amides is 1. The third-order valence-electron chi connectivity index (χ3n) is 7.38. The molecule has 4 aromatic carbocycles. The van der Waals surface area contributed by atoms with Crippen molar-refractivity contribution in [2.45, 2.75) is 65.2 Å². The van der Waals surface area contributed by atoms with Gasteiger partial charge in [-0.05, 0) is 59.2 Å². The number of para-hydroxylation sites is 1. The fourth-order valence-corrected chi connectivity index (χ4v) is 5.23. The third-order valence-corrected chi connectivity index (χ3v) is 7.38. The van der Waals surface area contributed by atoms with Crippen LogP contribution in [0.5, 0.6) is 0 Å². The summed E-state index contributed by atoms with van der Waals surface area (Å²) in [6.07, 6.45) is 1.22. The summed E-state index contributed by atoms with van der Waals surface area (Å²) in [5, 5.41) is 2.65. The molecule has 1 atom stereocenters. The van der Waals surface area contributed by atoms with E-state index in [4.69, 9.17) is 19.5 Å². The molecule has 0 spiro atoms. The second-order valence-corrected chi connectivity index (χ2v) is 14.0. The number of aromatic nitrogens is 1. The molecule has 0 bridgehead atoms. The van der Waals surface area contributed by atoms with Gasteiger partial charge in [0.05, 0.1) is 17.1 Å². The van der Waals surface area contributed by atoms with Gasteiger partial charge in [0.25, 0.3) is 0 Å². The van der Waals surface area contributed by atoms with Crippen molar-refractivity contribution in [3.8, 4) is 0 Å². The number of hydrogen-bond acceptors (Lipinski definition) is 7. The minimum Gasteiger partial charge on any atom is -0.458 e. The third kappa shape index (κ3) is 10.8. The number of rotatable bonds is 10. The Morgan fingerprint density at radius 3 is 1.67 bits per heavy atom. The first-order valence-corrected chi connectivity index (χ1v) is 16.9. The van der Waals surface area contributed by atoms with Crippen molar-refractivity contribution in [1.82, 2.24) is 4.98 Å². The lowest BCUT2D eigenvalue weighted by molar-refractivity contribution is -0.156. The number of aliphatic imine (C=N–C) groups is 2. The minimum absolute atomic E-state index is 0.204. The zero-order chi connectivity index (χ0) is 36.4. The lowest BCUT2D eigenvalue weighted by atomic mass is 9.98. The summed E-state index contributed by atoms with van der Waals surface area (Å²) in [5.74, 6) is -0.142. The van der Waals surface area contributed by atoms with E-state index in [1.165, 1.54) is 0 Å². The molecule has 1 N–H and O–H groups in total. The Hall–Kier alpha value is -5.89. The monoisotopic (exact) mass is 680 g/mol. The maximum Gasteiger partial charge on any atom is 0.413 e. The van der Waals surface area contributed by atoms with E-state index in [2.05, 4.69) is 10.3 Å². The van der Waals surface area contributed by atoms with E-state index in [0.717, 1.165) is 33.5 Å². The Balaban J connectivity index is 1.60. The first kappa shape index (κ1) is 36.4. The van der Waals surface area contributed by atoms with Crippen molar-refractivity contribution in [3.05, 3.63) is 161 Å². The van der Waals surface area contributed by atoms with E-state index >= 15 is 0 Å². The molecule has 260 valence electrons. The molecule has 1 heterocycles. The highest BCUT2D eigenvalue weighted by molar-refractivity contribution is 6.18. The Morgan fingerprint density at radius 2 is 1.16 bits per heavy atom. The van der Waals surface area contributed by atoms with E-state index in [0.29, 0.717) is 17.2 Å². The van der Waals surface area contributed by atoms with Crippen molar-refractivity contribution in [1.29, 1.82) is 0 Å². The Labute approximate surface area is 300 Å². The number of anilines is 1. The number of nitrogens with one attached hydrogen (secondary N) is 1. The quantitative estimate of drug-likeness (QED) is 0.117. The summed E-state index contributed by atoms with van der Waals surface area (Å²) in [7, 11) is 0. The van der Waals surface area contributed by atoms with Gasteiger partial charge in [-0.1, -0.05) is 115 Å². The maximum atomic E-state index is 13.9. The Bertz CT molecular complexity index is 1940. The van der Waals surface area contributed by atoms with Crippen LogP contribution < -0.4 is 5.32 Å². The van der Waals surface area contributed by atoms with Crippen molar-refractivity contribution in [3.63, 3.8) is 0 Å². The molecule has 0 aliphatic carbocycles. The maximum absolute atomic E-state index is 13.9. The lowest BCUT2D eigenvalue weighted by Crippen LogP contribution is -2.33. The van der Waals surface area contributed by atoms with Crippen LogP contribution in [0.15, 0.2) is 144 Å². The fourth-order valence-electron chi connectivity index (χ4n) is 5.23. The molecule has 51 heavy (non-hydrogen) atoms. The molecule has 0 aliphatic rings. The molecule has 8 nitrogen and oxygen atoms in total. The Morgan fingerprint density at radius 1 is 0.647 bits per heavy atom. The molecule has 0 fully saturated rings. The van der Waals surface area contributed by atoms with Crippen molar-refractivity contribution in [2.75, 3.05) is 5.32 Å². The van der Waals surface area contributed by atoms with Crippen LogP contribution in [0.1, 0.15) is 69.4 Å². The first-order valence-electron chi connectivity index (χ1n) is 16.9. The van der Waals surface area contributed by atoms with Crippen LogP contribution in [0, 0.1) is 0 Å². The van der Waals surface area contributed by atoms with E-state index in [1.807, 2.05) is 136 Å². The number of ether oxygens (including phenoxy) is 2. The molecule has 0 radical (unpaired) electrons. The van der Waals surface area contributed by atoms with Gasteiger partial charge in [-0.15, -0.1) is 0 Å². The molecule has 0 aliphatic heterocycles. The number of nitrogens with zero attached hydrogens (tertiary/aromatic N) is 3. The summed E-state index contributed by atoms with van der Waals surface area (Å²) in [6, 6.07) is 40.3. The average molecular weight is 681 g/mol. The van der Waals surface area contributed by atoms with Crippen LogP contribution in [0.4, 0.5) is 16.3 Å². The molecule has 0 saturated heterocycles. The Kier molecular flexibility index (Phi) is 11.6. The van der Waals surface area contributed by atoms with Gasteiger partial charge in [-0.3, -0.25) is 10.3 Å². The number of carbonyl (C=O) groups excluding carboxylic acids is 2. The second-order valence-electron chi connectivity index (χ2n) is 14.0. The summed E-state index contributed by atoms with van der Waals surface area (Å²) in [5.41, 5.74) is 4.99. The van der Waals surface area contributed by atoms with Crippen LogP contribution in [0.3, 0.4) is 0 Å². The standard InChI is InChI=1S/C43H44N4O4/c1-42(2,3)50-40(48)36(28-30-26-27-37(44-29-30)47-41(49)51-43(4,5)6)46-39(33-22-14-9-15-23-33)34-24-16-17-25-35(34)45-38(31-18-10-7-11-19-31)32-20-12-8-13-21-32/h7-27,29,36H,28H2,1-6H3,(H,44,47,49). The van der Waals surface area contributed by atoms with Gasteiger partial charge in [0.1, 0.15) is 17.0 Å². The highest BCUT2D eigenvalue weighted by Gasteiger charge is 2.27. The van der Waals surface area contributed by atoms with Gasteiger partial charge in [0.2, 0.25) is 0 Å². The molecule has 1 amide bonds. The molecule has 8 heteroatoms. The zero-order valence-corrected chi connectivity index (χ0v) is 30.0. The number of benzene rings is 4. The van der Waals surface area contributed by atoms with Crippen LogP contribution in [-0.4, -0.2) is 45.7 Å². The van der Waals surface area contributed by atoms with Crippen molar-refractivity contribution < 1.29 is 19.1 Å². The van der Waals surface area contributed by atoms with E-state index in [9.17, 15) is 9.59 Å². The second kappa shape index (κ2) is 16.2. The number of esters is 1. The number of hydrogen-bond donors (Lipinski definition) is 1. The van der Waals surface area contributed by atoms with Crippen molar-refractivity contribution in [2.24, 2.45) is 9.98 Å². The van der Waals surface area contributed by atoms with Gasteiger partial charge in [-0.2, -0.15) is 0 Å². The summed E-state index contributed by atoms with van der Waals surface area (Å²) >= 11 is 0. The molecule has 1 unspecified atom stereocenters. The molecular formula is C43H44N4O4. The molecule has 5 rings (SSSR count). The summed E-state index contributed by atoms with van der Waals surface area (Å²) in [6.45, 7) is 10.9. The number of carbonyl (C=O) groups is 2. The van der Waals surface area contributed by atoms with Crippen LogP contribution in [0.2, 0.25) is 0 Å². The summed E-state index contributed by atoms with van der Waals surface area (Å²) in [4.78, 5) is 41.0. The van der Waals surface area contributed by atoms with Crippen LogP contribution >= 0.6 is 0 Å². The fraction of sp³-hybridized carbons (Fsp3) is 0.233. The SMILES string of the molecule is CC(C)(C)OC(=O)Nc1ccc(CC(N=C(c2ccccc2)c2ccccc2N=C(c2ccccc2)c2ccccc2)C(=O)OC(C)(C)C)cn1. The van der Waals surface area contributed by atoms with Gasteiger partial charge in [-0.25, -0.2) is 19.6 Å². The highest BCUT2D eigenvalue weighted by Crippen LogP contribution is 2.27. The zero-order valence-electron chi connectivity index (χ0n) is 30.0. The topological polar surface area (TPSA) is 102 Å². The minimum atomic E-state index is -0.925. The number of pyridine rings is 1. The molecule has 0 saturated carbocycles. The smallest absolute Gasteiger partial charge is 0.413 e. The molecular weight excluding hydrogens is 636 g/mol. The normalized spacial score (nSPS) is 12.4. The van der Waals surface area contributed by atoms with Gasteiger partial charge in [0, 0.05) is 34.9 Å². The van der Waals surface area contributed by atoms with Crippen LogP contribution in [-0.2, 0) is 20.7 Å². The predicted octanol–water partition coefficient (Wildman–Crippen LogP) is 9.39. The van der Waals surface area contributed by atoms with E-state index < -0.39 is 29.3 Å². The van der Waals surface area contributed by atoms with Gasteiger partial charge >= 0.3 is 12.1 Å². The first-order chi connectivity index (χ1) is 24.3. The van der Waals surface area contributed by atoms with E-state index in [-0.39, 0.29) is 6.42 Å². The van der Waals surface area contributed by atoms with Crippen molar-refractivity contribution >= 4 is 35.0 Å². The van der Waals surface area contributed by atoms with E-state index in [1.54, 1.807) is 39.1 Å².